The Labute approximate surface area is 84.2 Å². The number of hydrogen-bond donors (Lipinski definition) is 3. The van der Waals surface area contributed by atoms with Gasteiger partial charge in [0.1, 0.15) is 0 Å². The minimum atomic E-state index is 0.338. The number of nitrogens with one attached hydrogen (secondary N) is 3. The van der Waals surface area contributed by atoms with E-state index in [9.17, 15) is 0 Å². The van der Waals surface area contributed by atoms with Crippen molar-refractivity contribution >= 4 is 35.4 Å². The second-order valence-electron chi connectivity index (χ2n) is 2.56. The van der Waals surface area contributed by atoms with Gasteiger partial charge in [0, 0.05) is 6.07 Å². The minimum absolute atomic E-state index is 0.338. The fourth-order valence-electron chi connectivity index (χ4n) is 1.11. The van der Waals surface area contributed by atoms with Crippen LogP contribution < -0.4 is 5.48 Å². The van der Waals surface area contributed by atoms with Crippen molar-refractivity contribution in [2.45, 2.75) is 0 Å². The number of oxazole rings is 1. The zero-order valence-corrected chi connectivity index (χ0v) is 7.85. The van der Waals surface area contributed by atoms with E-state index in [1.165, 1.54) is 0 Å². The Hall–Kier alpha value is -1.82. The SMILES string of the molecule is N=CONc1ccc2[nH]c(=S)oc2c1. The molecule has 0 atom stereocenters. The van der Waals surface area contributed by atoms with E-state index in [1.54, 1.807) is 12.1 Å². The van der Waals surface area contributed by atoms with Crippen LogP contribution in [0.3, 0.4) is 0 Å². The number of aromatic nitrogens is 1. The molecule has 0 fully saturated rings. The topological polar surface area (TPSA) is 74.0 Å². The number of aromatic amines is 1. The first-order valence-electron chi connectivity index (χ1n) is 3.83. The van der Waals surface area contributed by atoms with E-state index in [2.05, 4.69) is 15.3 Å². The molecule has 2 aromatic rings. The van der Waals surface area contributed by atoms with Crippen molar-refractivity contribution in [2.75, 3.05) is 5.48 Å². The van der Waals surface area contributed by atoms with Crippen LogP contribution in [0.25, 0.3) is 11.1 Å². The molecule has 2 rings (SSSR count). The third-order valence-electron chi connectivity index (χ3n) is 1.66. The summed E-state index contributed by atoms with van der Waals surface area (Å²) in [4.78, 5) is 7.80. The van der Waals surface area contributed by atoms with Gasteiger partial charge in [0.25, 0.3) is 4.84 Å². The highest BCUT2D eigenvalue weighted by Crippen LogP contribution is 2.18. The Kier molecular flexibility index (Phi) is 2.19. The minimum Gasteiger partial charge on any atom is -0.429 e. The lowest BCUT2D eigenvalue weighted by Gasteiger charge is -2.01. The molecule has 0 radical (unpaired) electrons. The molecule has 1 heterocycles. The van der Waals surface area contributed by atoms with Gasteiger partial charge in [-0.2, -0.15) is 0 Å². The molecule has 3 N–H and O–H groups in total. The molecular weight excluding hydrogens is 202 g/mol. The van der Waals surface area contributed by atoms with Gasteiger partial charge in [-0.05, 0) is 24.4 Å². The third kappa shape index (κ3) is 1.60. The molecule has 1 aromatic carbocycles. The number of fused-ring (bicyclic) bond motifs is 1. The van der Waals surface area contributed by atoms with Crippen LogP contribution in [0.15, 0.2) is 22.6 Å². The summed E-state index contributed by atoms with van der Waals surface area (Å²) in [5, 5.41) is 6.66. The van der Waals surface area contributed by atoms with Gasteiger partial charge in [-0.15, -0.1) is 0 Å². The first kappa shape index (κ1) is 8.76. The second-order valence-corrected chi connectivity index (χ2v) is 2.93. The van der Waals surface area contributed by atoms with Crippen LogP contribution in [-0.2, 0) is 4.84 Å². The molecule has 0 saturated carbocycles. The zero-order chi connectivity index (χ0) is 9.97. The number of anilines is 1. The smallest absolute Gasteiger partial charge is 0.266 e. The average molecular weight is 209 g/mol. The van der Waals surface area contributed by atoms with Crippen molar-refractivity contribution in [1.82, 2.24) is 4.98 Å². The Balaban J connectivity index is 2.40. The van der Waals surface area contributed by atoms with Crippen LogP contribution in [0.1, 0.15) is 0 Å². The number of hydrogen-bond acceptors (Lipinski definition) is 5. The maximum Gasteiger partial charge on any atom is 0.266 e. The van der Waals surface area contributed by atoms with Crippen LogP contribution >= 0.6 is 12.2 Å². The third-order valence-corrected chi connectivity index (χ3v) is 1.84. The van der Waals surface area contributed by atoms with Crippen LogP contribution in [-0.4, -0.2) is 11.4 Å². The highest BCUT2D eigenvalue weighted by Gasteiger charge is 1.99. The molecule has 0 bridgehead atoms. The summed E-state index contributed by atoms with van der Waals surface area (Å²) in [7, 11) is 0. The van der Waals surface area contributed by atoms with Crippen molar-refractivity contribution < 1.29 is 9.25 Å². The summed E-state index contributed by atoms with van der Waals surface area (Å²) in [6.07, 6.45) is 0.803. The van der Waals surface area contributed by atoms with Gasteiger partial charge >= 0.3 is 0 Å². The van der Waals surface area contributed by atoms with Gasteiger partial charge in [0.15, 0.2) is 5.58 Å². The number of benzene rings is 1. The average Bonchev–Trinajstić information content (AvgIpc) is 2.54. The van der Waals surface area contributed by atoms with Crippen LogP contribution in [0.4, 0.5) is 5.69 Å². The van der Waals surface area contributed by atoms with Crippen molar-refractivity contribution in [3.05, 3.63) is 23.0 Å². The van der Waals surface area contributed by atoms with Gasteiger partial charge in [0.2, 0.25) is 6.40 Å². The zero-order valence-electron chi connectivity index (χ0n) is 7.03. The predicted molar refractivity (Wildman–Crippen MR) is 54.9 cm³/mol. The Morgan fingerprint density at radius 3 is 3.21 bits per heavy atom. The molecule has 0 aliphatic carbocycles. The standard InChI is InChI=1S/C8H7N3O2S/c9-4-12-11-5-1-2-6-7(3-5)13-8(14)10-6/h1-4,9,11H,(H,10,14). The molecule has 6 heteroatoms. The maximum atomic E-state index is 6.66. The summed E-state index contributed by atoms with van der Waals surface area (Å²) in [5.74, 6) is 0. The van der Waals surface area contributed by atoms with E-state index in [0.29, 0.717) is 16.1 Å². The molecule has 0 amide bonds. The van der Waals surface area contributed by atoms with E-state index in [4.69, 9.17) is 22.0 Å². The van der Waals surface area contributed by atoms with Gasteiger partial charge in [-0.25, -0.2) is 5.48 Å². The molecule has 5 nitrogen and oxygen atoms in total. The Bertz CT molecular complexity index is 517. The monoisotopic (exact) mass is 209 g/mol. The molecule has 0 spiro atoms. The van der Waals surface area contributed by atoms with Crippen LogP contribution in [0, 0.1) is 10.2 Å². The van der Waals surface area contributed by atoms with Crippen molar-refractivity contribution in [3.8, 4) is 0 Å². The first-order chi connectivity index (χ1) is 6.79. The highest BCUT2D eigenvalue weighted by atomic mass is 32.1. The highest BCUT2D eigenvalue weighted by molar-refractivity contribution is 7.71. The van der Waals surface area contributed by atoms with E-state index in [-0.39, 0.29) is 0 Å². The van der Waals surface area contributed by atoms with Crippen molar-refractivity contribution in [3.63, 3.8) is 0 Å². The molecule has 1 aromatic heterocycles. The van der Waals surface area contributed by atoms with Gasteiger partial charge < -0.3 is 14.2 Å². The van der Waals surface area contributed by atoms with Gasteiger partial charge in [0.05, 0.1) is 11.2 Å². The summed E-state index contributed by atoms with van der Waals surface area (Å²) in [5.41, 5.74) is 4.71. The molecule has 0 unspecified atom stereocenters. The van der Waals surface area contributed by atoms with Crippen molar-refractivity contribution in [2.24, 2.45) is 0 Å². The number of H-pyrrole nitrogens is 1. The van der Waals surface area contributed by atoms with Crippen LogP contribution in [0.2, 0.25) is 0 Å². The van der Waals surface area contributed by atoms with E-state index in [1.807, 2.05) is 6.07 Å². The lowest BCUT2D eigenvalue weighted by Crippen LogP contribution is -1.97. The van der Waals surface area contributed by atoms with Gasteiger partial charge in [-0.3, -0.25) is 5.41 Å². The fourth-order valence-corrected chi connectivity index (χ4v) is 1.31. The normalized spacial score (nSPS) is 10.0. The predicted octanol–water partition coefficient (Wildman–Crippen LogP) is 2.44. The van der Waals surface area contributed by atoms with E-state index >= 15 is 0 Å². The lowest BCUT2D eigenvalue weighted by atomic mass is 10.3. The first-order valence-corrected chi connectivity index (χ1v) is 4.24. The Morgan fingerprint density at radius 2 is 2.43 bits per heavy atom. The quantitative estimate of drug-likeness (QED) is 0.314. The van der Waals surface area contributed by atoms with Crippen molar-refractivity contribution in [1.29, 1.82) is 5.41 Å². The molecule has 0 aliphatic heterocycles. The number of rotatable bonds is 3. The summed E-state index contributed by atoms with van der Waals surface area (Å²) >= 11 is 4.83. The van der Waals surface area contributed by atoms with E-state index < -0.39 is 0 Å². The molecular formula is C8H7N3O2S. The molecule has 14 heavy (non-hydrogen) atoms. The summed E-state index contributed by atoms with van der Waals surface area (Å²) in [6.45, 7) is 0. The second kappa shape index (κ2) is 3.51. The van der Waals surface area contributed by atoms with Gasteiger partial charge in [-0.1, -0.05) is 0 Å². The summed E-state index contributed by atoms with van der Waals surface area (Å²) < 4.78 is 5.20. The lowest BCUT2D eigenvalue weighted by molar-refractivity contribution is 0.409. The molecule has 0 aliphatic rings. The van der Waals surface area contributed by atoms with Crippen LogP contribution in [0.5, 0.6) is 0 Å². The molecule has 72 valence electrons. The largest absolute Gasteiger partial charge is 0.429 e. The summed E-state index contributed by atoms with van der Waals surface area (Å²) in [6, 6.07) is 5.32. The fraction of sp³-hybridized carbons (Fsp3) is 0. The molecule has 0 saturated heterocycles. The Morgan fingerprint density at radius 1 is 1.57 bits per heavy atom. The maximum absolute atomic E-state index is 6.66. The van der Waals surface area contributed by atoms with E-state index in [0.717, 1.165) is 11.9 Å².